The Morgan fingerprint density at radius 3 is 1.36 bits per heavy atom. The van der Waals surface area contributed by atoms with E-state index in [2.05, 4.69) is 4.74 Å². The molecular formula is C64H56F4N4O16. The molecule has 4 aromatic heterocycles. The number of allylic oxidation sites excluding steroid dienone is 1. The SMILES string of the molecule is CC(c1ccc(F)cc1)n1cccc1C(O)=CC(=O)C(=O)O.CO/C(=C\C(=O)c1cccn1Cc1ccc(F)cc1)C(=O)O.Cc1cc(C(O)=CC(=O)C(=O)O)n(Cc2ccc(F)cc2)c1.Cc1cc(F)ccc1Cn1cccc1C(O)=CC(=O)C(=O)O. The third kappa shape index (κ3) is 19.5. The van der Waals surface area contributed by atoms with Crippen LogP contribution in [-0.4, -0.2) is 108 Å². The van der Waals surface area contributed by atoms with Crippen molar-refractivity contribution in [3.05, 3.63) is 268 Å². The highest BCUT2D eigenvalue weighted by atomic mass is 19.1. The van der Waals surface area contributed by atoms with Crippen molar-refractivity contribution < 1.29 is 96.4 Å². The molecule has 1 unspecified atom stereocenters. The van der Waals surface area contributed by atoms with Crippen molar-refractivity contribution >= 4 is 64.3 Å². The Hall–Kier alpha value is -11.6. The van der Waals surface area contributed by atoms with Crippen molar-refractivity contribution in [1.29, 1.82) is 0 Å². The number of aryl methyl sites for hydroxylation is 2. The zero-order valence-corrected chi connectivity index (χ0v) is 47.1. The number of benzene rings is 4. The summed E-state index contributed by atoms with van der Waals surface area (Å²) in [5, 5.41) is 64.3. The summed E-state index contributed by atoms with van der Waals surface area (Å²) in [4.78, 5) is 88.0. The maximum Gasteiger partial charge on any atom is 0.376 e. The Balaban J connectivity index is 0.000000214. The minimum absolute atomic E-state index is 0.235. The summed E-state index contributed by atoms with van der Waals surface area (Å²) in [6, 6.07) is 33.2. The van der Waals surface area contributed by atoms with E-state index >= 15 is 0 Å². The highest BCUT2D eigenvalue weighted by Crippen LogP contribution is 2.25. The lowest BCUT2D eigenvalue weighted by molar-refractivity contribution is -0.146. The lowest BCUT2D eigenvalue weighted by atomic mass is 10.1. The first-order valence-electron chi connectivity index (χ1n) is 25.9. The van der Waals surface area contributed by atoms with Crippen LogP contribution in [-0.2, 0) is 57.9 Å². The molecule has 7 N–H and O–H groups in total. The molecule has 0 amide bonds. The van der Waals surface area contributed by atoms with Gasteiger partial charge < -0.3 is 58.8 Å². The molecule has 4 heterocycles. The van der Waals surface area contributed by atoms with Gasteiger partial charge in [0.2, 0.25) is 11.5 Å². The van der Waals surface area contributed by atoms with Crippen LogP contribution in [0.1, 0.15) is 73.9 Å². The van der Waals surface area contributed by atoms with Gasteiger partial charge in [0.1, 0.15) is 40.5 Å². The maximum atomic E-state index is 13.1. The summed E-state index contributed by atoms with van der Waals surface area (Å²) < 4.78 is 63.1. The topological polar surface area (TPSA) is 307 Å². The number of carbonyl (C=O) groups is 8. The molecule has 0 aliphatic rings. The van der Waals surface area contributed by atoms with Gasteiger partial charge in [0, 0.05) is 68.7 Å². The normalized spacial score (nSPS) is 11.8. The average Bonchev–Trinajstić information content (AvgIpc) is 2.60. The number of carbonyl (C=O) groups excluding carboxylic acids is 4. The smallest absolute Gasteiger partial charge is 0.376 e. The van der Waals surface area contributed by atoms with Crippen LogP contribution < -0.4 is 0 Å². The molecule has 0 saturated heterocycles. The molecule has 88 heavy (non-hydrogen) atoms. The van der Waals surface area contributed by atoms with Crippen molar-refractivity contribution in [1.82, 2.24) is 18.3 Å². The third-order valence-electron chi connectivity index (χ3n) is 12.6. The van der Waals surface area contributed by atoms with Gasteiger partial charge in [0.05, 0.1) is 35.9 Å². The van der Waals surface area contributed by atoms with Crippen LogP contribution in [0.4, 0.5) is 17.6 Å². The van der Waals surface area contributed by atoms with E-state index in [0.717, 1.165) is 39.5 Å². The molecule has 8 rings (SSSR count). The van der Waals surface area contributed by atoms with E-state index in [1.54, 1.807) is 142 Å². The molecule has 24 heteroatoms. The van der Waals surface area contributed by atoms with Crippen molar-refractivity contribution in [2.45, 2.75) is 46.4 Å². The second-order valence-electron chi connectivity index (χ2n) is 18.9. The second kappa shape index (κ2) is 31.4. The van der Waals surface area contributed by atoms with E-state index in [0.29, 0.717) is 60.6 Å². The second-order valence-corrected chi connectivity index (χ2v) is 18.9. The fourth-order valence-electron chi connectivity index (χ4n) is 8.19. The first kappa shape index (κ1) is 67.2. The molecule has 4 aromatic carbocycles. The number of aliphatic hydroxyl groups excluding tert-OH is 3. The van der Waals surface area contributed by atoms with E-state index in [-0.39, 0.29) is 29.3 Å². The van der Waals surface area contributed by atoms with Crippen LogP contribution in [0.3, 0.4) is 0 Å². The monoisotopic (exact) mass is 1210 g/mol. The highest BCUT2D eigenvalue weighted by molar-refractivity contribution is 6.39. The Labute approximate surface area is 498 Å². The Morgan fingerprint density at radius 1 is 0.466 bits per heavy atom. The van der Waals surface area contributed by atoms with E-state index in [9.17, 15) is 71.2 Å². The molecule has 0 saturated carbocycles. The number of ether oxygens (including phenoxy) is 1. The van der Waals surface area contributed by atoms with Crippen LogP contribution in [0.25, 0.3) is 17.3 Å². The van der Waals surface area contributed by atoms with Crippen LogP contribution >= 0.6 is 0 Å². The van der Waals surface area contributed by atoms with Gasteiger partial charge in [-0.25, -0.2) is 36.7 Å². The van der Waals surface area contributed by atoms with Crippen molar-refractivity contribution in [2.75, 3.05) is 7.11 Å². The fraction of sp³-hybridized carbons (Fsp3) is 0.125. The number of carboxylic acids is 4. The van der Waals surface area contributed by atoms with E-state index in [4.69, 9.17) is 20.4 Å². The zero-order valence-electron chi connectivity index (χ0n) is 47.1. The highest BCUT2D eigenvalue weighted by Gasteiger charge is 2.19. The number of aliphatic hydroxyl groups is 3. The summed E-state index contributed by atoms with van der Waals surface area (Å²) in [6.45, 7) is 6.49. The van der Waals surface area contributed by atoms with Gasteiger partial charge >= 0.3 is 23.9 Å². The maximum absolute atomic E-state index is 13.1. The van der Waals surface area contributed by atoms with E-state index in [1.165, 1.54) is 55.6 Å². The molecule has 0 radical (unpaired) electrons. The van der Waals surface area contributed by atoms with Crippen molar-refractivity contribution in [2.24, 2.45) is 0 Å². The van der Waals surface area contributed by atoms with Gasteiger partial charge in [0.25, 0.3) is 17.3 Å². The molecule has 1 atom stereocenters. The van der Waals surface area contributed by atoms with Crippen LogP contribution in [0.15, 0.2) is 188 Å². The number of aromatic nitrogens is 4. The van der Waals surface area contributed by atoms with Crippen LogP contribution in [0.5, 0.6) is 0 Å². The number of halogens is 4. The number of methoxy groups -OCH3 is 1. The summed E-state index contributed by atoms with van der Waals surface area (Å²) in [6.07, 6.45) is 9.70. The van der Waals surface area contributed by atoms with E-state index < -0.39 is 70.0 Å². The molecule has 0 aliphatic heterocycles. The first-order chi connectivity index (χ1) is 41.6. The summed E-state index contributed by atoms with van der Waals surface area (Å²) in [7, 11) is 1.19. The predicted octanol–water partition coefficient (Wildman–Crippen LogP) is 10.3. The summed E-state index contributed by atoms with van der Waals surface area (Å²) in [5.74, 6) is -13.4. The molecule has 8 aromatic rings. The van der Waals surface area contributed by atoms with Crippen molar-refractivity contribution in [3.63, 3.8) is 0 Å². The van der Waals surface area contributed by atoms with Gasteiger partial charge in [-0.15, -0.1) is 0 Å². The Morgan fingerprint density at radius 2 is 0.886 bits per heavy atom. The largest absolute Gasteiger partial charge is 0.506 e. The third-order valence-corrected chi connectivity index (χ3v) is 12.6. The number of aliphatic carboxylic acids is 4. The summed E-state index contributed by atoms with van der Waals surface area (Å²) in [5.41, 5.74) is 6.09. The zero-order chi connectivity index (χ0) is 64.9. The average molecular weight is 1210 g/mol. The number of nitrogens with zero attached hydrogens (tertiary/aromatic N) is 4. The molecule has 0 aliphatic carbocycles. The predicted molar refractivity (Wildman–Crippen MR) is 311 cm³/mol. The van der Waals surface area contributed by atoms with Gasteiger partial charge in [-0.05, 0) is 145 Å². The van der Waals surface area contributed by atoms with E-state index in [1.807, 2.05) is 6.92 Å². The first-order valence-corrected chi connectivity index (χ1v) is 25.9. The minimum Gasteiger partial charge on any atom is -0.506 e. The lowest BCUT2D eigenvalue weighted by Gasteiger charge is -2.17. The minimum atomic E-state index is -1.64. The fourth-order valence-corrected chi connectivity index (χ4v) is 8.19. The molecule has 0 fully saturated rings. The van der Waals surface area contributed by atoms with Crippen molar-refractivity contribution in [3.8, 4) is 0 Å². The molecule has 0 bridgehead atoms. The van der Waals surface area contributed by atoms with Gasteiger partial charge in [-0.2, -0.15) is 0 Å². The number of ketones is 4. The van der Waals surface area contributed by atoms with Gasteiger partial charge in [-0.3, -0.25) is 19.2 Å². The number of carboxylic acid groups (broad SMARTS) is 4. The number of rotatable bonds is 21. The number of hydrogen-bond acceptors (Lipinski definition) is 12. The molecular weight excluding hydrogens is 1160 g/mol. The molecule has 20 nitrogen and oxygen atoms in total. The Bertz CT molecular complexity index is 3980. The Kier molecular flexibility index (Phi) is 24.0. The van der Waals surface area contributed by atoms with Gasteiger partial charge in [-0.1, -0.05) is 42.5 Å². The van der Waals surface area contributed by atoms with Crippen LogP contribution in [0, 0.1) is 37.1 Å². The molecule has 456 valence electrons. The van der Waals surface area contributed by atoms with Gasteiger partial charge in [0.15, 0.2) is 0 Å². The molecule has 0 spiro atoms. The van der Waals surface area contributed by atoms with Crippen LogP contribution in [0.2, 0.25) is 0 Å². The number of hydrogen-bond donors (Lipinski definition) is 7. The quantitative estimate of drug-likeness (QED) is 0.0116. The lowest BCUT2D eigenvalue weighted by Crippen LogP contribution is -2.12. The standard InChI is InChI=1S/4C16H14FNO4/c1-10-6-13(14(19)7-15(20)16(21)22)18(8-10)9-11-2-4-12(17)5-3-11;1-22-15(16(20)21)9-14(19)13-3-2-8-18(13)10-11-4-6-12(17)7-5-11;1-10(11-4-6-12(17)7-5-11)18-8-2-3-13(18)14(19)9-15(20)16(21)22;1-10-7-12(17)5-4-11(10)9-18-6-2-3-13(18)14(19)8-15(20)16(21)22/h2-8,19H,9H2,1H3,(H,21,22);2-9H,10H2,1H3,(H,20,21);2-10,19H,1H3,(H,21,22);2-8,19H,9H2,1H3,(H,21,22)/b;15-9-;;. The summed E-state index contributed by atoms with van der Waals surface area (Å²) >= 11 is 0.